The Morgan fingerprint density at radius 1 is 1.02 bits per heavy atom. The number of hydrogen-bond acceptors (Lipinski definition) is 7. The summed E-state index contributed by atoms with van der Waals surface area (Å²) in [5.74, 6) is 2.82. The van der Waals surface area contributed by atoms with Gasteiger partial charge >= 0.3 is 0 Å². The highest BCUT2D eigenvalue weighted by Gasteiger charge is 2.39. The molecule has 0 bridgehead atoms. The fourth-order valence-corrected chi connectivity index (χ4v) is 8.37. The predicted octanol–water partition coefficient (Wildman–Crippen LogP) is 8.78. The van der Waals surface area contributed by atoms with Crippen LogP contribution in [0.3, 0.4) is 0 Å². The number of anilines is 1. The zero-order valence-electron chi connectivity index (χ0n) is 27.7. The molecule has 45 heavy (non-hydrogen) atoms. The fourth-order valence-electron chi connectivity index (χ4n) is 7.00. The van der Waals surface area contributed by atoms with Gasteiger partial charge in [-0.05, 0) is 68.1 Å². The van der Waals surface area contributed by atoms with E-state index in [1.165, 1.54) is 32.1 Å². The van der Waals surface area contributed by atoms with E-state index >= 15 is 0 Å². The summed E-state index contributed by atoms with van der Waals surface area (Å²) in [5.41, 5.74) is 3.21. The summed E-state index contributed by atoms with van der Waals surface area (Å²) in [7, 11) is -1.91. The molecular formula is C34H49Cl2N5O3Si. The van der Waals surface area contributed by atoms with Crippen LogP contribution in [0.15, 0.2) is 18.3 Å². The van der Waals surface area contributed by atoms with Crippen molar-refractivity contribution in [1.82, 2.24) is 19.5 Å². The van der Waals surface area contributed by atoms with Crippen LogP contribution in [0.5, 0.6) is 5.88 Å². The number of pyridine rings is 2. The molecule has 3 aliphatic rings. The largest absolute Gasteiger partial charge is 0.475 e. The van der Waals surface area contributed by atoms with E-state index in [-0.39, 0.29) is 11.1 Å². The normalized spacial score (nSPS) is 24.3. The second kappa shape index (κ2) is 13.3. The zero-order chi connectivity index (χ0) is 31.9. The van der Waals surface area contributed by atoms with Crippen LogP contribution in [-0.2, 0) is 15.7 Å². The molecule has 246 valence electrons. The first-order valence-corrected chi connectivity index (χ1v) is 20.5. The van der Waals surface area contributed by atoms with Gasteiger partial charge in [0.05, 0.1) is 47.0 Å². The van der Waals surface area contributed by atoms with E-state index in [1.54, 1.807) is 6.20 Å². The smallest absolute Gasteiger partial charge is 0.223 e. The molecule has 8 nitrogen and oxygen atoms in total. The number of morpholine rings is 1. The van der Waals surface area contributed by atoms with Gasteiger partial charge in [-0.3, -0.25) is 0 Å². The molecule has 0 N–H and O–H groups in total. The van der Waals surface area contributed by atoms with Crippen molar-refractivity contribution in [2.24, 2.45) is 11.8 Å². The molecule has 0 radical (unpaired) electrons. The third-order valence-corrected chi connectivity index (χ3v) is 15.6. The molecule has 0 aromatic carbocycles. The van der Waals surface area contributed by atoms with E-state index in [2.05, 4.69) is 55.2 Å². The van der Waals surface area contributed by atoms with Crippen molar-refractivity contribution in [3.05, 3.63) is 28.5 Å². The van der Waals surface area contributed by atoms with Crippen LogP contribution < -0.4 is 9.64 Å². The molecule has 1 aliphatic heterocycles. The Bertz CT molecular complexity index is 1500. The zero-order valence-corrected chi connectivity index (χ0v) is 30.3. The van der Waals surface area contributed by atoms with Crippen LogP contribution in [0.25, 0.3) is 22.3 Å². The summed E-state index contributed by atoms with van der Waals surface area (Å²) in [6.07, 6.45) is 10.2. The molecule has 11 heteroatoms. The summed E-state index contributed by atoms with van der Waals surface area (Å²) in [6.45, 7) is 16.9. The molecule has 2 atom stereocenters. The van der Waals surface area contributed by atoms with Crippen molar-refractivity contribution >= 4 is 48.5 Å². The number of nitrogens with zero attached hydrogens (tertiary/aromatic N) is 5. The Balaban J connectivity index is 1.40. The van der Waals surface area contributed by atoms with Gasteiger partial charge in [-0.2, -0.15) is 0 Å². The predicted molar refractivity (Wildman–Crippen MR) is 185 cm³/mol. The Hall–Kier alpha value is -1.91. The summed E-state index contributed by atoms with van der Waals surface area (Å²) >= 11 is 13.3. The second-order valence-corrected chi connectivity index (χ2v) is 20.5. The molecule has 1 saturated heterocycles. The minimum Gasteiger partial charge on any atom is -0.475 e. The van der Waals surface area contributed by atoms with Crippen LogP contribution in [0, 0.1) is 11.8 Å². The average molecular weight is 675 g/mol. The lowest BCUT2D eigenvalue weighted by Crippen LogP contribution is -2.49. The highest BCUT2D eigenvalue weighted by molar-refractivity contribution is 6.74. The van der Waals surface area contributed by atoms with Gasteiger partial charge in [-0.25, -0.2) is 15.0 Å². The van der Waals surface area contributed by atoms with Crippen molar-refractivity contribution in [3.63, 3.8) is 0 Å². The standard InChI is InChI=1S/C34H49Cl2N5O3Si/c1-22-10-12-23(13-11-22)21-41-31-26(38-33(41)40-14-15-42-28-9-7-8-27(28)40)19-29(36)39-30(31)25-18-24(35)20-37-32(25)43-16-17-44-45(5,6)34(2,3)4/h18-20,22-23,27-28H,7-17,21H2,1-6H3/t22-,23-,27-,28-/m1/s1. The third kappa shape index (κ3) is 7.03. The number of ether oxygens (including phenoxy) is 2. The molecular weight excluding hydrogens is 625 g/mol. The lowest BCUT2D eigenvalue weighted by atomic mass is 9.83. The molecule has 4 heterocycles. The van der Waals surface area contributed by atoms with Crippen molar-refractivity contribution < 1.29 is 13.9 Å². The number of halogens is 2. The first-order chi connectivity index (χ1) is 21.4. The van der Waals surface area contributed by atoms with Gasteiger partial charge in [0, 0.05) is 25.4 Å². The highest BCUT2D eigenvalue weighted by Crippen LogP contribution is 2.42. The van der Waals surface area contributed by atoms with E-state index in [9.17, 15) is 0 Å². The lowest BCUT2D eigenvalue weighted by Gasteiger charge is -2.39. The van der Waals surface area contributed by atoms with Crippen LogP contribution in [-0.4, -0.2) is 66.3 Å². The molecule has 3 aromatic heterocycles. The first-order valence-electron chi connectivity index (χ1n) is 16.8. The van der Waals surface area contributed by atoms with E-state index in [0.717, 1.165) is 48.8 Å². The van der Waals surface area contributed by atoms with Gasteiger partial charge in [0.15, 0.2) is 8.32 Å². The van der Waals surface area contributed by atoms with Crippen LogP contribution in [0.2, 0.25) is 28.3 Å². The molecule has 2 saturated carbocycles. The Morgan fingerprint density at radius 2 is 1.80 bits per heavy atom. The highest BCUT2D eigenvalue weighted by atomic mass is 35.5. The van der Waals surface area contributed by atoms with Crippen LogP contribution in [0.4, 0.5) is 5.95 Å². The van der Waals surface area contributed by atoms with Crippen molar-refractivity contribution in [2.75, 3.05) is 31.3 Å². The Labute approximate surface area is 279 Å². The third-order valence-electron chi connectivity index (χ3n) is 10.7. The maximum atomic E-state index is 6.73. The van der Waals surface area contributed by atoms with Gasteiger partial charge in [0.2, 0.25) is 11.8 Å². The second-order valence-electron chi connectivity index (χ2n) is 14.9. The van der Waals surface area contributed by atoms with Crippen LogP contribution in [0.1, 0.15) is 72.6 Å². The van der Waals surface area contributed by atoms with Gasteiger partial charge < -0.3 is 23.4 Å². The summed E-state index contributed by atoms with van der Waals surface area (Å²) in [5, 5.41) is 1.02. The number of hydrogen-bond donors (Lipinski definition) is 0. The molecule has 3 fully saturated rings. The van der Waals surface area contributed by atoms with Gasteiger partial charge in [0.1, 0.15) is 17.5 Å². The molecule has 0 unspecified atom stereocenters. The number of fused-ring (bicyclic) bond motifs is 2. The van der Waals surface area contributed by atoms with Crippen molar-refractivity contribution in [1.29, 1.82) is 0 Å². The van der Waals surface area contributed by atoms with Gasteiger partial charge in [-0.1, -0.05) is 63.7 Å². The van der Waals surface area contributed by atoms with Gasteiger partial charge in [-0.15, -0.1) is 0 Å². The van der Waals surface area contributed by atoms with Crippen molar-refractivity contribution in [3.8, 4) is 17.1 Å². The fraction of sp³-hybridized carbons (Fsp3) is 0.676. The molecule has 6 rings (SSSR count). The monoisotopic (exact) mass is 673 g/mol. The molecule has 2 aliphatic carbocycles. The summed E-state index contributed by atoms with van der Waals surface area (Å²) < 4.78 is 21.3. The number of imidazole rings is 1. The minimum absolute atomic E-state index is 0.123. The van der Waals surface area contributed by atoms with E-state index in [1.807, 2.05) is 12.1 Å². The van der Waals surface area contributed by atoms with E-state index in [4.69, 9.17) is 47.1 Å². The SMILES string of the molecule is CC(C)(C)[Si](C)(C)OCCOc1ncc(Cl)cc1-c1nc(Cl)cc2nc(N3CCO[C@@H]4CCC[C@H]43)n(C[C@H]3CC[C@H](C)CC3)c12. The maximum absolute atomic E-state index is 6.73. The van der Waals surface area contributed by atoms with E-state index in [0.29, 0.717) is 59.1 Å². The van der Waals surface area contributed by atoms with Crippen molar-refractivity contribution in [2.45, 2.75) is 109 Å². The number of aromatic nitrogens is 4. The maximum Gasteiger partial charge on any atom is 0.223 e. The molecule has 0 spiro atoms. The Morgan fingerprint density at radius 3 is 2.56 bits per heavy atom. The van der Waals surface area contributed by atoms with E-state index < -0.39 is 8.32 Å². The number of rotatable bonds is 9. The lowest BCUT2D eigenvalue weighted by molar-refractivity contribution is 0.0247. The first kappa shape index (κ1) is 33.0. The quantitative estimate of drug-likeness (QED) is 0.128. The summed E-state index contributed by atoms with van der Waals surface area (Å²) in [4.78, 5) is 17.3. The topological polar surface area (TPSA) is 74.5 Å². The van der Waals surface area contributed by atoms with Crippen LogP contribution >= 0.6 is 23.2 Å². The summed E-state index contributed by atoms with van der Waals surface area (Å²) in [6, 6.07) is 4.11. The van der Waals surface area contributed by atoms with Gasteiger partial charge in [0.25, 0.3) is 0 Å². The Kier molecular flexibility index (Phi) is 9.76. The molecule has 3 aromatic rings. The molecule has 0 amide bonds. The average Bonchev–Trinajstić information content (AvgIpc) is 3.61. The minimum atomic E-state index is -1.91.